The summed E-state index contributed by atoms with van der Waals surface area (Å²) >= 11 is 1.26. The normalized spacial score (nSPS) is 13.4. The number of hydrogen-bond acceptors (Lipinski definition) is 12. The minimum absolute atomic E-state index is 0.00566. The Hall–Kier alpha value is -5.51. The van der Waals surface area contributed by atoms with Crippen molar-refractivity contribution in [3.63, 3.8) is 0 Å². The van der Waals surface area contributed by atoms with Crippen LogP contribution in [0.4, 0.5) is 8.78 Å². The number of imide groups is 1. The van der Waals surface area contributed by atoms with Crippen LogP contribution in [0.25, 0.3) is 11.1 Å². The summed E-state index contributed by atoms with van der Waals surface area (Å²) in [7, 11) is 0. The Morgan fingerprint density at radius 2 is 1.48 bits per heavy atom. The number of carbonyl (C=O) groups is 6. The first-order valence-electron chi connectivity index (χ1n) is 23.0. The monoisotopic (exact) mass is 984 g/mol. The van der Waals surface area contributed by atoms with E-state index >= 15 is 4.39 Å². The quantitative estimate of drug-likeness (QED) is 0.0494. The van der Waals surface area contributed by atoms with Crippen LogP contribution in [0.15, 0.2) is 72.9 Å². The lowest BCUT2D eigenvalue weighted by molar-refractivity contribution is -0.142. The summed E-state index contributed by atoms with van der Waals surface area (Å²) in [5.74, 6) is -3.91. The molecule has 5 amide bonds. The van der Waals surface area contributed by atoms with Crippen molar-refractivity contribution < 1.29 is 61.6 Å². The van der Waals surface area contributed by atoms with Gasteiger partial charge in [-0.3, -0.25) is 28.9 Å². The number of aliphatic carboxylic acids is 1. The van der Waals surface area contributed by atoms with Gasteiger partial charge in [-0.1, -0.05) is 51.1 Å². The molecule has 1 aliphatic rings. The van der Waals surface area contributed by atoms with E-state index < -0.39 is 52.8 Å². The van der Waals surface area contributed by atoms with Gasteiger partial charge in [0, 0.05) is 74.2 Å². The van der Waals surface area contributed by atoms with E-state index in [4.69, 9.17) is 24.7 Å². The Balaban J connectivity index is 1.14. The summed E-state index contributed by atoms with van der Waals surface area (Å²) in [6.45, 7) is 9.40. The number of halogens is 2. The van der Waals surface area contributed by atoms with Gasteiger partial charge in [0.05, 0.1) is 64.6 Å². The number of amides is 5. The molecule has 5 N–H and O–H groups in total. The maximum Gasteiger partial charge on any atom is 0.326 e. The zero-order valence-corrected chi connectivity index (χ0v) is 40.4. The van der Waals surface area contributed by atoms with Crippen molar-refractivity contribution in [3.8, 4) is 11.1 Å². The molecule has 0 fully saturated rings. The van der Waals surface area contributed by atoms with Gasteiger partial charge in [-0.05, 0) is 60.4 Å². The number of benzene rings is 2. The third-order valence-electron chi connectivity index (χ3n) is 10.7. The standard InChI is InChI=1S/C49H66F2N6O11S/c1-49(2,3)47(41-30-36(38-31-37(50)10-11-39(38)51)33-55(41)32-35-8-5-4-6-9-35)57(19-7-17-52)46(62)34-69-29-16-40(48(63)64)54-43(59)15-21-65-23-25-67-27-28-68-26-24-66-22-18-53-42(58)14-20-56-44(60)12-13-45(56)61/h4-6,8-13,30-31,33,40,47H,7,14-29,32,34,52H2,1-3H3,(H,53,58)(H,54,59)(H,63,64)/t40-,47-/m0/s1. The van der Waals surface area contributed by atoms with Crippen LogP contribution >= 0.6 is 11.8 Å². The maximum absolute atomic E-state index is 15.1. The molecule has 17 nitrogen and oxygen atoms in total. The first-order chi connectivity index (χ1) is 33.1. The third-order valence-corrected chi connectivity index (χ3v) is 11.7. The average molecular weight is 985 g/mol. The predicted molar refractivity (Wildman–Crippen MR) is 256 cm³/mol. The zero-order chi connectivity index (χ0) is 50.2. The molecule has 378 valence electrons. The maximum atomic E-state index is 15.1. The highest BCUT2D eigenvalue weighted by Crippen LogP contribution is 2.41. The number of thioether (sulfide) groups is 1. The molecular formula is C49H66F2N6O11S. The lowest BCUT2D eigenvalue weighted by Crippen LogP contribution is -2.44. The lowest BCUT2D eigenvalue weighted by Gasteiger charge is -2.41. The van der Waals surface area contributed by atoms with Gasteiger partial charge in [-0.2, -0.15) is 11.8 Å². The number of rotatable bonds is 33. The van der Waals surface area contributed by atoms with Gasteiger partial charge in [-0.15, -0.1) is 0 Å². The largest absolute Gasteiger partial charge is 0.480 e. The molecule has 0 spiro atoms. The lowest BCUT2D eigenvalue weighted by atomic mass is 9.83. The Bertz CT molecular complexity index is 2150. The van der Waals surface area contributed by atoms with E-state index in [1.165, 1.54) is 23.9 Å². The van der Waals surface area contributed by atoms with Gasteiger partial charge < -0.3 is 49.9 Å². The number of carboxylic acid groups (broad SMARTS) is 1. The van der Waals surface area contributed by atoms with Crippen LogP contribution in [-0.4, -0.2) is 152 Å². The van der Waals surface area contributed by atoms with E-state index in [1.54, 1.807) is 11.1 Å². The van der Waals surface area contributed by atoms with Crippen LogP contribution < -0.4 is 16.4 Å². The minimum Gasteiger partial charge on any atom is -0.480 e. The SMILES string of the molecule is CC(C)(C)[C@H](c1cc(-c2cc(F)ccc2F)cn1Cc1ccccc1)N(CCCN)C(=O)CSCC[C@H](NC(=O)CCOCCOCCOCCOCCNC(=O)CCN1C(=O)C=CC1=O)C(=O)O. The van der Waals surface area contributed by atoms with Crippen LogP contribution in [-0.2, 0) is 54.3 Å². The van der Waals surface area contributed by atoms with E-state index in [1.807, 2.05) is 61.7 Å². The van der Waals surface area contributed by atoms with Gasteiger partial charge in [0.1, 0.15) is 17.7 Å². The zero-order valence-electron chi connectivity index (χ0n) is 39.6. The number of nitrogens with zero attached hydrogens (tertiary/aromatic N) is 3. The molecule has 69 heavy (non-hydrogen) atoms. The number of carbonyl (C=O) groups excluding carboxylic acids is 5. The topological polar surface area (TPSA) is 221 Å². The van der Waals surface area contributed by atoms with Crippen LogP contribution in [0, 0.1) is 17.0 Å². The summed E-state index contributed by atoms with van der Waals surface area (Å²) in [6.07, 6.45) is 4.64. The number of nitrogens with one attached hydrogen (secondary N) is 2. The fourth-order valence-corrected chi connectivity index (χ4v) is 8.27. The van der Waals surface area contributed by atoms with Crippen molar-refractivity contribution in [2.24, 2.45) is 11.1 Å². The molecule has 0 bridgehead atoms. The van der Waals surface area contributed by atoms with Crippen LogP contribution in [0.3, 0.4) is 0 Å². The second-order valence-electron chi connectivity index (χ2n) is 17.1. The molecule has 20 heteroatoms. The Kier molecular flexibility index (Phi) is 24.0. The molecule has 2 heterocycles. The Morgan fingerprint density at radius 3 is 2.10 bits per heavy atom. The molecular weight excluding hydrogens is 919 g/mol. The molecule has 0 radical (unpaired) electrons. The second-order valence-corrected chi connectivity index (χ2v) is 18.3. The summed E-state index contributed by atoms with van der Waals surface area (Å²) in [5.41, 5.74) is 7.71. The molecule has 0 unspecified atom stereocenters. The summed E-state index contributed by atoms with van der Waals surface area (Å²) < 4.78 is 53.3. The fourth-order valence-electron chi connectivity index (χ4n) is 7.38. The fraction of sp³-hybridized carbons (Fsp3) is 0.510. The van der Waals surface area contributed by atoms with E-state index in [2.05, 4.69) is 10.6 Å². The van der Waals surface area contributed by atoms with E-state index in [9.17, 15) is 38.3 Å². The molecule has 0 aliphatic carbocycles. The number of aromatic nitrogens is 1. The highest BCUT2D eigenvalue weighted by atomic mass is 32.2. The molecule has 0 saturated carbocycles. The van der Waals surface area contributed by atoms with E-state index in [0.29, 0.717) is 58.0 Å². The highest BCUT2D eigenvalue weighted by Gasteiger charge is 2.37. The minimum atomic E-state index is -1.20. The predicted octanol–water partition coefficient (Wildman–Crippen LogP) is 4.33. The first-order valence-corrected chi connectivity index (χ1v) is 24.1. The molecule has 2 aromatic carbocycles. The molecule has 2 atom stereocenters. The number of nitrogens with two attached hydrogens (primary N) is 1. The van der Waals surface area contributed by atoms with Crippen molar-refractivity contribution in [1.29, 1.82) is 0 Å². The first kappa shape index (κ1) is 56.1. The second kappa shape index (κ2) is 29.5. The van der Waals surface area contributed by atoms with Gasteiger partial charge in [0.25, 0.3) is 11.8 Å². The van der Waals surface area contributed by atoms with E-state index in [-0.39, 0.29) is 87.7 Å². The molecule has 1 aliphatic heterocycles. The Morgan fingerprint density at radius 1 is 0.841 bits per heavy atom. The van der Waals surface area contributed by atoms with Gasteiger partial charge in [0.15, 0.2) is 0 Å². The average Bonchev–Trinajstić information content (AvgIpc) is 3.86. The van der Waals surface area contributed by atoms with E-state index in [0.717, 1.165) is 34.4 Å². The van der Waals surface area contributed by atoms with Crippen molar-refractivity contribution in [3.05, 3.63) is 95.8 Å². The third kappa shape index (κ3) is 19.4. The van der Waals surface area contributed by atoms with Crippen molar-refractivity contribution in [2.45, 2.75) is 65.1 Å². The summed E-state index contributed by atoms with van der Waals surface area (Å²) in [6, 6.07) is 13.1. The van der Waals surface area contributed by atoms with Crippen LogP contribution in [0.2, 0.25) is 0 Å². The van der Waals surface area contributed by atoms with Crippen LogP contribution in [0.5, 0.6) is 0 Å². The molecule has 1 aromatic heterocycles. The van der Waals surface area contributed by atoms with Crippen molar-refractivity contribution in [1.82, 2.24) is 25.0 Å². The summed E-state index contributed by atoms with van der Waals surface area (Å²) in [4.78, 5) is 76.6. The van der Waals surface area contributed by atoms with Gasteiger partial charge in [0.2, 0.25) is 17.7 Å². The van der Waals surface area contributed by atoms with Crippen molar-refractivity contribution in [2.75, 3.05) is 90.5 Å². The molecule has 3 aromatic rings. The smallest absolute Gasteiger partial charge is 0.326 e. The Labute approximate surface area is 406 Å². The van der Waals surface area contributed by atoms with Gasteiger partial charge >= 0.3 is 5.97 Å². The van der Waals surface area contributed by atoms with Crippen LogP contribution in [0.1, 0.15) is 63.8 Å². The number of hydrogen-bond donors (Lipinski definition) is 4. The number of carboxylic acids is 1. The number of ether oxygens (including phenoxy) is 4. The molecule has 0 saturated heterocycles. The van der Waals surface area contributed by atoms with Gasteiger partial charge in [-0.25, -0.2) is 13.6 Å². The highest BCUT2D eigenvalue weighted by molar-refractivity contribution is 7.99. The van der Waals surface area contributed by atoms with Crippen molar-refractivity contribution >= 4 is 47.3 Å². The summed E-state index contributed by atoms with van der Waals surface area (Å²) in [5, 5.41) is 15.1. The molecule has 4 rings (SSSR count).